The first-order valence-corrected chi connectivity index (χ1v) is 10.4. The molecule has 148 valence electrons. The molecule has 6 nitrogen and oxygen atoms in total. The Bertz CT molecular complexity index is 974. The van der Waals surface area contributed by atoms with Gasteiger partial charge in [-0.15, -0.1) is 11.8 Å². The van der Waals surface area contributed by atoms with Gasteiger partial charge in [0.25, 0.3) is 5.91 Å². The van der Waals surface area contributed by atoms with Gasteiger partial charge in [-0.05, 0) is 37.3 Å². The highest BCUT2D eigenvalue weighted by Crippen LogP contribution is 2.42. The summed E-state index contributed by atoms with van der Waals surface area (Å²) in [7, 11) is 0. The van der Waals surface area contributed by atoms with Gasteiger partial charge in [0.05, 0.1) is 24.8 Å². The van der Waals surface area contributed by atoms with Crippen LogP contribution in [0.2, 0.25) is 0 Å². The van der Waals surface area contributed by atoms with Crippen LogP contribution in [0.1, 0.15) is 32.6 Å². The van der Waals surface area contributed by atoms with E-state index in [-0.39, 0.29) is 17.2 Å². The van der Waals surface area contributed by atoms with Crippen molar-refractivity contribution < 1.29 is 14.0 Å². The van der Waals surface area contributed by atoms with Crippen molar-refractivity contribution in [3.8, 4) is 0 Å². The van der Waals surface area contributed by atoms with Crippen LogP contribution in [0.5, 0.6) is 0 Å². The number of nitrogens with zero attached hydrogens (tertiary/aromatic N) is 2. The largest absolute Gasteiger partial charge is 0.472 e. The molecule has 2 unspecified atom stereocenters. The Balaban J connectivity index is 1.57. The van der Waals surface area contributed by atoms with Gasteiger partial charge in [0.2, 0.25) is 5.91 Å². The van der Waals surface area contributed by atoms with E-state index in [1.54, 1.807) is 47.5 Å². The normalized spacial score (nSPS) is 18.6. The van der Waals surface area contributed by atoms with Gasteiger partial charge >= 0.3 is 0 Å². The van der Waals surface area contributed by atoms with Crippen molar-refractivity contribution in [1.29, 1.82) is 0 Å². The Kier molecular flexibility index (Phi) is 5.67. The zero-order valence-corrected chi connectivity index (χ0v) is 16.8. The smallest absolute Gasteiger partial charge is 0.255 e. The number of furan rings is 1. The Morgan fingerprint density at radius 3 is 2.72 bits per heavy atom. The van der Waals surface area contributed by atoms with E-state index in [0.29, 0.717) is 17.9 Å². The molecule has 0 saturated carbocycles. The van der Waals surface area contributed by atoms with Crippen LogP contribution >= 0.6 is 11.8 Å². The van der Waals surface area contributed by atoms with Gasteiger partial charge < -0.3 is 14.6 Å². The number of carbonyl (C=O) groups excluding carboxylic acids is 2. The first kappa shape index (κ1) is 19.3. The summed E-state index contributed by atoms with van der Waals surface area (Å²) in [6, 6.07) is 14.2. The molecule has 3 heterocycles. The summed E-state index contributed by atoms with van der Waals surface area (Å²) in [6.07, 6.45) is 4.90. The molecule has 1 aromatic carbocycles. The fourth-order valence-electron chi connectivity index (χ4n) is 3.27. The summed E-state index contributed by atoms with van der Waals surface area (Å²) in [5.74, 6) is 0.162. The lowest BCUT2D eigenvalue weighted by atomic mass is 10.1. The third-order valence-electron chi connectivity index (χ3n) is 4.83. The van der Waals surface area contributed by atoms with Crippen LogP contribution in [-0.2, 0) is 11.3 Å². The molecule has 1 fully saturated rings. The fourth-order valence-corrected chi connectivity index (χ4v) is 4.68. The first-order valence-electron chi connectivity index (χ1n) is 9.34. The van der Waals surface area contributed by atoms with Crippen LogP contribution in [0.25, 0.3) is 0 Å². The summed E-state index contributed by atoms with van der Waals surface area (Å²) >= 11 is 1.56. The summed E-state index contributed by atoms with van der Waals surface area (Å²) in [6.45, 7) is 2.30. The summed E-state index contributed by atoms with van der Waals surface area (Å²) in [5, 5.41) is 2.65. The molecule has 0 spiro atoms. The standard InChI is InChI=1S/C22H21N3O3S/c1-15-5-7-16(8-6-15)21(27)25-19(14-29-22(25)17-9-11-28-13-17)20(26)24-12-18-4-2-3-10-23-18/h2-11,13,19,22H,12,14H2,1H3,(H,24,26). The Morgan fingerprint density at radius 1 is 1.21 bits per heavy atom. The van der Waals surface area contributed by atoms with Crippen LogP contribution in [0.4, 0.5) is 0 Å². The number of thioether (sulfide) groups is 1. The Hall–Kier alpha value is -3.06. The number of nitrogens with one attached hydrogen (secondary N) is 1. The van der Waals surface area contributed by atoms with Gasteiger partial charge in [-0.3, -0.25) is 14.6 Å². The van der Waals surface area contributed by atoms with Crippen LogP contribution < -0.4 is 5.32 Å². The molecule has 2 amide bonds. The van der Waals surface area contributed by atoms with Gasteiger partial charge in [0.1, 0.15) is 11.4 Å². The predicted octanol–water partition coefficient (Wildman–Crippen LogP) is 3.56. The van der Waals surface area contributed by atoms with E-state index in [4.69, 9.17) is 4.42 Å². The molecule has 2 aromatic heterocycles. The van der Waals surface area contributed by atoms with E-state index < -0.39 is 6.04 Å². The molecule has 3 aromatic rings. The highest BCUT2D eigenvalue weighted by molar-refractivity contribution is 7.99. The second kappa shape index (κ2) is 8.53. The zero-order valence-electron chi connectivity index (χ0n) is 15.9. The van der Waals surface area contributed by atoms with Crippen LogP contribution in [0.3, 0.4) is 0 Å². The minimum atomic E-state index is -0.572. The highest BCUT2D eigenvalue weighted by Gasteiger charge is 2.42. The number of pyridine rings is 1. The number of aromatic nitrogens is 1. The van der Waals surface area contributed by atoms with Crippen molar-refractivity contribution in [2.45, 2.75) is 24.9 Å². The summed E-state index contributed by atoms with van der Waals surface area (Å²) in [5.41, 5.74) is 3.28. The number of amides is 2. The van der Waals surface area contributed by atoms with Crippen LogP contribution in [-0.4, -0.2) is 33.5 Å². The minimum absolute atomic E-state index is 0.167. The van der Waals surface area contributed by atoms with Crippen molar-refractivity contribution in [2.75, 3.05) is 5.75 Å². The van der Waals surface area contributed by atoms with E-state index >= 15 is 0 Å². The lowest BCUT2D eigenvalue weighted by Gasteiger charge is -2.28. The monoisotopic (exact) mass is 407 g/mol. The molecule has 0 radical (unpaired) electrons. The number of aryl methyl sites for hydroxylation is 1. The molecule has 7 heteroatoms. The van der Waals surface area contributed by atoms with Crippen LogP contribution in [0, 0.1) is 6.92 Å². The van der Waals surface area contributed by atoms with E-state index in [1.165, 1.54) is 0 Å². The number of hydrogen-bond donors (Lipinski definition) is 1. The average molecular weight is 407 g/mol. The number of benzene rings is 1. The van der Waals surface area contributed by atoms with E-state index in [2.05, 4.69) is 10.3 Å². The summed E-state index contributed by atoms with van der Waals surface area (Å²) in [4.78, 5) is 32.2. The second-order valence-corrected chi connectivity index (χ2v) is 7.99. The maximum atomic E-state index is 13.3. The number of carbonyl (C=O) groups is 2. The molecule has 1 N–H and O–H groups in total. The van der Waals surface area contributed by atoms with Crippen molar-refractivity contribution in [2.24, 2.45) is 0 Å². The maximum absolute atomic E-state index is 13.3. The Labute approximate surface area is 173 Å². The molecule has 0 bridgehead atoms. The summed E-state index contributed by atoms with van der Waals surface area (Å²) < 4.78 is 5.22. The topological polar surface area (TPSA) is 75.4 Å². The second-order valence-electron chi connectivity index (χ2n) is 6.88. The lowest BCUT2D eigenvalue weighted by molar-refractivity contribution is -0.125. The molecular formula is C22H21N3O3S. The minimum Gasteiger partial charge on any atom is -0.472 e. The molecular weight excluding hydrogens is 386 g/mol. The maximum Gasteiger partial charge on any atom is 0.255 e. The quantitative estimate of drug-likeness (QED) is 0.700. The number of hydrogen-bond acceptors (Lipinski definition) is 5. The SMILES string of the molecule is Cc1ccc(C(=O)N2C(C(=O)NCc3ccccn3)CSC2c2ccoc2)cc1. The Morgan fingerprint density at radius 2 is 2.03 bits per heavy atom. The third kappa shape index (κ3) is 4.19. The van der Waals surface area contributed by atoms with Crippen molar-refractivity contribution >= 4 is 23.6 Å². The van der Waals surface area contributed by atoms with Crippen molar-refractivity contribution in [1.82, 2.24) is 15.2 Å². The van der Waals surface area contributed by atoms with Gasteiger partial charge in [-0.25, -0.2) is 0 Å². The predicted molar refractivity (Wildman–Crippen MR) is 111 cm³/mol. The zero-order chi connectivity index (χ0) is 20.2. The number of rotatable bonds is 5. The van der Waals surface area contributed by atoms with E-state index in [1.807, 2.05) is 43.3 Å². The van der Waals surface area contributed by atoms with Gasteiger partial charge in [0, 0.05) is 23.1 Å². The van der Waals surface area contributed by atoms with Gasteiger partial charge in [0.15, 0.2) is 0 Å². The molecule has 1 saturated heterocycles. The van der Waals surface area contributed by atoms with E-state index in [9.17, 15) is 9.59 Å². The van der Waals surface area contributed by atoms with Gasteiger partial charge in [-0.2, -0.15) is 0 Å². The molecule has 0 aliphatic carbocycles. The first-order chi connectivity index (χ1) is 14.1. The molecule has 1 aliphatic heterocycles. The van der Waals surface area contributed by atoms with Crippen molar-refractivity contribution in [3.05, 3.63) is 89.6 Å². The van der Waals surface area contributed by atoms with Crippen LogP contribution in [0.15, 0.2) is 71.7 Å². The lowest BCUT2D eigenvalue weighted by Crippen LogP contribution is -2.47. The third-order valence-corrected chi connectivity index (χ3v) is 6.16. The van der Waals surface area contributed by atoms with Gasteiger partial charge in [-0.1, -0.05) is 23.8 Å². The highest BCUT2D eigenvalue weighted by atomic mass is 32.2. The average Bonchev–Trinajstić information content (AvgIpc) is 3.42. The molecule has 1 aliphatic rings. The fraction of sp³-hybridized carbons (Fsp3) is 0.227. The molecule has 29 heavy (non-hydrogen) atoms. The molecule has 4 rings (SSSR count). The van der Waals surface area contributed by atoms with E-state index in [0.717, 1.165) is 16.8 Å². The molecule has 2 atom stereocenters. The van der Waals surface area contributed by atoms with Crippen molar-refractivity contribution in [3.63, 3.8) is 0 Å².